The van der Waals surface area contributed by atoms with Gasteiger partial charge in [0.15, 0.2) is 0 Å². The Morgan fingerprint density at radius 3 is 3.12 bits per heavy atom. The predicted octanol–water partition coefficient (Wildman–Crippen LogP) is 0.271. The number of nitrogens with one attached hydrogen (secondary N) is 2. The normalized spacial score (nSPS) is 21.4. The number of piperazine rings is 1. The molecule has 0 saturated carbocycles. The highest BCUT2D eigenvalue weighted by molar-refractivity contribution is 5.92. The summed E-state index contributed by atoms with van der Waals surface area (Å²) in [5, 5.41) is 3.32. The SMILES string of the molecule is CN(C(=O)CC1CNCCN1C)c1ccc[nH]1. The van der Waals surface area contributed by atoms with Gasteiger partial charge in [-0.2, -0.15) is 0 Å². The van der Waals surface area contributed by atoms with E-state index >= 15 is 0 Å². The zero-order valence-corrected chi connectivity index (χ0v) is 10.4. The molecule has 1 unspecified atom stereocenters. The van der Waals surface area contributed by atoms with E-state index in [0.29, 0.717) is 12.5 Å². The van der Waals surface area contributed by atoms with Crippen LogP contribution in [0.5, 0.6) is 0 Å². The molecule has 1 atom stereocenters. The molecule has 0 spiro atoms. The van der Waals surface area contributed by atoms with Crippen molar-refractivity contribution in [2.75, 3.05) is 38.6 Å². The van der Waals surface area contributed by atoms with Crippen LogP contribution < -0.4 is 10.2 Å². The molecule has 2 rings (SSSR count). The second kappa shape index (κ2) is 5.33. The fourth-order valence-electron chi connectivity index (χ4n) is 2.09. The molecule has 0 aromatic carbocycles. The van der Waals surface area contributed by atoms with E-state index in [0.717, 1.165) is 25.5 Å². The van der Waals surface area contributed by atoms with Crippen molar-refractivity contribution >= 4 is 11.7 Å². The molecular formula is C12H20N4O. The van der Waals surface area contributed by atoms with Crippen LogP contribution in [0.2, 0.25) is 0 Å². The van der Waals surface area contributed by atoms with Crippen molar-refractivity contribution in [3.63, 3.8) is 0 Å². The lowest BCUT2D eigenvalue weighted by Crippen LogP contribution is -2.51. The van der Waals surface area contributed by atoms with Gasteiger partial charge < -0.3 is 20.1 Å². The summed E-state index contributed by atoms with van der Waals surface area (Å²) in [5.41, 5.74) is 0. The zero-order valence-electron chi connectivity index (χ0n) is 10.4. The molecule has 1 aliphatic rings. The van der Waals surface area contributed by atoms with E-state index in [4.69, 9.17) is 0 Å². The number of anilines is 1. The molecule has 1 aliphatic heterocycles. The van der Waals surface area contributed by atoms with E-state index in [1.807, 2.05) is 25.4 Å². The van der Waals surface area contributed by atoms with Gasteiger partial charge in [-0.25, -0.2) is 0 Å². The molecule has 5 nitrogen and oxygen atoms in total. The Hall–Kier alpha value is -1.33. The lowest BCUT2D eigenvalue weighted by Gasteiger charge is -2.33. The molecule has 17 heavy (non-hydrogen) atoms. The molecule has 1 aromatic rings. The van der Waals surface area contributed by atoms with E-state index < -0.39 is 0 Å². The average molecular weight is 236 g/mol. The number of rotatable bonds is 3. The zero-order chi connectivity index (χ0) is 12.3. The largest absolute Gasteiger partial charge is 0.348 e. The molecule has 94 valence electrons. The molecule has 5 heteroatoms. The maximum absolute atomic E-state index is 12.1. The molecular weight excluding hydrogens is 216 g/mol. The number of carbonyl (C=O) groups is 1. The Balaban J connectivity index is 1.92. The van der Waals surface area contributed by atoms with Crippen molar-refractivity contribution in [1.29, 1.82) is 0 Å². The minimum absolute atomic E-state index is 0.146. The van der Waals surface area contributed by atoms with Gasteiger partial charge in [-0.1, -0.05) is 0 Å². The van der Waals surface area contributed by atoms with Crippen LogP contribution in [-0.2, 0) is 4.79 Å². The standard InChI is InChI=1S/C12H20N4O/c1-15-7-6-13-9-10(15)8-12(17)16(2)11-4-3-5-14-11/h3-5,10,13-14H,6-9H2,1-2H3. The molecule has 0 radical (unpaired) electrons. The molecule has 2 heterocycles. The number of likely N-dealkylation sites (N-methyl/N-ethyl adjacent to an activating group) is 1. The molecule has 0 bridgehead atoms. The van der Waals surface area contributed by atoms with E-state index in [1.54, 1.807) is 4.90 Å². The van der Waals surface area contributed by atoms with Gasteiger partial charge in [-0.15, -0.1) is 0 Å². The maximum Gasteiger partial charge on any atom is 0.229 e. The van der Waals surface area contributed by atoms with E-state index in [9.17, 15) is 4.79 Å². The number of aromatic nitrogens is 1. The van der Waals surface area contributed by atoms with Crippen molar-refractivity contribution in [2.45, 2.75) is 12.5 Å². The first kappa shape index (κ1) is 12.1. The van der Waals surface area contributed by atoms with Crippen molar-refractivity contribution in [1.82, 2.24) is 15.2 Å². The molecule has 1 aromatic heterocycles. The predicted molar refractivity (Wildman–Crippen MR) is 68.1 cm³/mol. The number of hydrogen-bond acceptors (Lipinski definition) is 3. The van der Waals surface area contributed by atoms with Gasteiger partial charge in [0.05, 0.1) is 0 Å². The number of nitrogens with zero attached hydrogens (tertiary/aromatic N) is 2. The molecule has 2 N–H and O–H groups in total. The molecule has 1 saturated heterocycles. The highest BCUT2D eigenvalue weighted by Crippen LogP contribution is 2.12. The highest BCUT2D eigenvalue weighted by Gasteiger charge is 2.23. The third-order valence-electron chi connectivity index (χ3n) is 3.37. The third-order valence-corrected chi connectivity index (χ3v) is 3.37. The monoisotopic (exact) mass is 236 g/mol. The number of H-pyrrole nitrogens is 1. The fourth-order valence-corrected chi connectivity index (χ4v) is 2.09. The maximum atomic E-state index is 12.1. The van der Waals surface area contributed by atoms with E-state index in [-0.39, 0.29) is 5.91 Å². The minimum Gasteiger partial charge on any atom is -0.348 e. The molecule has 1 amide bonds. The van der Waals surface area contributed by atoms with Crippen LogP contribution in [0, 0.1) is 0 Å². The summed E-state index contributed by atoms with van der Waals surface area (Å²) in [6.45, 7) is 2.90. The van der Waals surface area contributed by atoms with Crippen LogP contribution in [0.15, 0.2) is 18.3 Å². The number of amides is 1. The fraction of sp³-hybridized carbons (Fsp3) is 0.583. The second-order valence-corrected chi connectivity index (χ2v) is 4.55. The van der Waals surface area contributed by atoms with E-state index in [1.165, 1.54) is 0 Å². The van der Waals surface area contributed by atoms with Gasteiger partial charge in [0.1, 0.15) is 5.82 Å². The highest BCUT2D eigenvalue weighted by atomic mass is 16.2. The van der Waals surface area contributed by atoms with Crippen molar-refractivity contribution in [3.8, 4) is 0 Å². The summed E-state index contributed by atoms with van der Waals surface area (Å²) in [4.78, 5) is 19.1. The summed E-state index contributed by atoms with van der Waals surface area (Å²) in [6, 6.07) is 4.10. The summed E-state index contributed by atoms with van der Waals surface area (Å²) in [5.74, 6) is 0.995. The summed E-state index contributed by atoms with van der Waals surface area (Å²) in [7, 11) is 3.89. The quantitative estimate of drug-likeness (QED) is 0.792. The third kappa shape index (κ3) is 2.87. The first-order chi connectivity index (χ1) is 8.18. The Labute approximate surface area is 102 Å². The summed E-state index contributed by atoms with van der Waals surface area (Å²) in [6.07, 6.45) is 2.38. The van der Waals surface area contributed by atoms with Crippen LogP contribution >= 0.6 is 0 Å². The Morgan fingerprint density at radius 2 is 2.47 bits per heavy atom. The minimum atomic E-state index is 0.146. The van der Waals surface area contributed by atoms with Crippen molar-refractivity contribution in [3.05, 3.63) is 18.3 Å². The Morgan fingerprint density at radius 1 is 1.65 bits per heavy atom. The van der Waals surface area contributed by atoms with Gasteiger partial charge in [0, 0.05) is 45.3 Å². The number of hydrogen-bond donors (Lipinski definition) is 2. The first-order valence-corrected chi connectivity index (χ1v) is 5.99. The van der Waals surface area contributed by atoms with Crippen LogP contribution in [0.25, 0.3) is 0 Å². The molecule has 1 fully saturated rings. The molecule has 0 aliphatic carbocycles. The number of aromatic amines is 1. The van der Waals surface area contributed by atoms with E-state index in [2.05, 4.69) is 22.2 Å². The lowest BCUT2D eigenvalue weighted by atomic mass is 10.1. The lowest BCUT2D eigenvalue weighted by molar-refractivity contribution is -0.119. The number of carbonyl (C=O) groups excluding carboxylic acids is 1. The van der Waals surface area contributed by atoms with Gasteiger partial charge in [0.25, 0.3) is 0 Å². The second-order valence-electron chi connectivity index (χ2n) is 4.55. The van der Waals surface area contributed by atoms with Crippen molar-refractivity contribution < 1.29 is 4.79 Å². The topological polar surface area (TPSA) is 51.4 Å². The Bertz CT molecular complexity index is 363. The van der Waals surface area contributed by atoms with Crippen molar-refractivity contribution in [2.24, 2.45) is 0 Å². The van der Waals surface area contributed by atoms with Crippen LogP contribution in [0.4, 0.5) is 5.82 Å². The summed E-state index contributed by atoms with van der Waals surface area (Å²) >= 11 is 0. The average Bonchev–Trinajstić information content (AvgIpc) is 2.84. The van der Waals surface area contributed by atoms with Crippen LogP contribution in [-0.4, -0.2) is 55.6 Å². The summed E-state index contributed by atoms with van der Waals surface area (Å²) < 4.78 is 0. The van der Waals surface area contributed by atoms with Gasteiger partial charge in [-0.3, -0.25) is 4.79 Å². The van der Waals surface area contributed by atoms with Crippen LogP contribution in [0.3, 0.4) is 0 Å². The first-order valence-electron chi connectivity index (χ1n) is 5.99. The smallest absolute Gasteiger partial charge is 0.229 e. The van der Waals surface area contributed by atoms with Gasteiger partial charge in [0.2, 0.25) is 5.91 Å². The van der Waals surface area contributed by atoms with Crippen LogP contribution in [0.1, 0.15) is 6.42 Å². The van der Waals surface area contributed by atoms with Gasteiger partial charge >= 0.3 is 0 Å². The van der Waals surface area contributed by atoms with Gasteiger partial charge in [-0.05, 0) is 19.2 Å². The Kier molecular flexibility index (Phi) is 3.81.